The minimum absolute atomic E-state index is 0.418. The van der Waals surface area contributed by atoms with Crippen molar-refractivity contribution in [3.8, 4) is 11.6 Å². The van der Waals surface area contributed by atoms with E-state index in [1.807, 2.05) is 63.2 Å². The second-order valence-corrected chi connectivity index (χ2v) is 5.06. The predicted molar refractivity (Wildman–Crippen MR) is 82.4 cm³/mol. The van der Waals surface area contributed by atoms with Crippen LogP contribution in [0.25, 0.3) is 0 Å². The summed E-state index contributed by atoms with van der Waals surface area (Å²) in [5.74, 6) is 1.37. The molecular formula is C16H21N3O. The molecule has 0 bridgehead atoms. The number of aromatic nitrogens is 1. The van der Waals surface area contributed by atoms with Crippen molar-refractivity contribution < 1.29 is 4.74 Å². The molecule has 1 aromatic carbocycles. The molecule has 4 nitrogen and oxygen atoms in total. The second kappa shape index (κ2) is 5.92. The first-order valence-electron chi connectivity index (χ1n) is 6.63. The number of nitrogens with two attached hydrogens (primary N) is 1. The summed E-state index contributed by atoms with van der Waals surface area (Å²) in [5, 5.41) is 0. The van der Waals surface area contributed by atoms with Crippen LogP contribution in [0.3, 0.4) is 0 Å². The van der Waals surface area contributed by atoms with Crippen molar-refractivity contribution in [3.63, 3.8) is 0 Å². The summed E-state index contributed by atoms with van der Waals surface area (Å²) in [6.07, 6.45) is 0. The van der Waals surface area contributed by atoms with Gasteiger partial charge < -0.3 is 15.4 Å². The number of hydrogen-bond acceptors (Lipinski definition) is 4. The molecule has 0 unspecified atom stereocenters. The lowest BCUT2D eigenvalue weighted by Gasteiger charge is -2.15. The molecule has 106 valence electrons. The number of nitrogens with zero attached hydrogens (tertiary/aromatic N) is 2. The molecule has 0 atom stereocenters. The summed E-state index contributed by atoms with van der Waals surface area (Å²) in [7, 11) is 4.00. The summed E-state index contributed by atoms with van der Waals surface area (Å²) in [6.45, 7) is 4.40. The van der Waals surface area contributed by atoms with Gasteiger partial charge in [0.1, 0.15) is 5.75 Å². The van der Waals surface area contributed by atoms with E-state index in [-0.39, 0.29) is 0 Å². The zero-order valence-electron chi connectivity index (χ0n) is 12.5. The summed E-state index contributed by atoms with van der Waals surface area (Å²) < 4.78 is 5.94. The van der Waals surface area contributed by atoms with E-state index in [2.05, 4.69) is 4.98 Å². The lowest BCUT2D eigenvalue weighted by atomic mass is 10.1. The fraction of sp³-hybridized carbons (Fsp3) is 0.312. The highest BCUT2D eigenvalue weighted by Crippen LogP contribution is 2.28. The van der Waals surface area contributed by atoms with Crippen LogP contribution in [0.2, 0.25) is 0 Å². The van der Waals surface area contributed by atoms with E-state index in [0.29, 0.717) is 12.4 Å². The van der Waals surface area contributed by atoms with Gasteiger partial charge in [-0.2, -0.15) is 0 Å². The van der Waals surface area contributed by atoms with Gasteiger partial charge in [0.25, 0.3) is 0 Å². The molecule has 0 aliphatic rings. The molecule has 0 aliphatic heterocycles. The third-order valence-electron chi connectivity index (χ3n) is 3.19. The van der Waals surface area contributed by atoms with E-state index < -0.39 is 0 Å². The van der Waals surface area contributed by atoms with E-state index in [1.54, 1.807) is 0 Å². The minimum Gasteiger partial charge on any atom is -0.439 e. The first-order chi connectivity index (χ1) is 9.51. The van der Waals surface area contributed by atoms with Crippen LogP contribution in [0.15, 0.2) is 30.3 Å². The van der Waals surface area contributed by atoms with E-state index in [0.717, 1.165) is 28.3 Å². The maximum absolute atomic E-state index is 5.94. The number of anilines is 1. The van der Waals surface area contributed by atoms with E-state index in [4.69, 9.17) is 10.5 Å². The van der Waals surface area contributed by atoms with E-state index in [1.165, 1.54) is 0 Å². The van der Waals surface area contributed by atoms with Gasteiger partial charge in [-0.15, -0.1) is 0 Å². The molecule has 0 spiro atoms. The lowest BCUT2D eigenvalue weighted by molar-refractivity contribution is 0.454. The number of rotatable bonds is 4. The molecule has 0 radical (unpaired) electrons. The van der Waals surface area contributed by atoms with Gasteiger partial charge >= 0.3 is 0 Å². The molecular weight excluding hydrogens is 250 g/mol. The van der Waals surface area contributed by atoms with Crippen LogP contribution in [0.1, 0.15) is 16.8 Å². The first kappa shape index (κ1) is 14.3. The quantitative estimate of drug-likeness (QED) is 0.928. The Morgan fingerprint density at radius 1 is 1.20 bits per heavy atom. The highest BCUT2D eigenvalue weighted by molar-refractivity contribution is 5.50. The Morgan fingerprint density at radius 2 is 1.95 bits per heavy atom. The Labute approximate surface area is 120 Å². The average Bonchev–Trinajstić information content (AvgIpc) is 2.38. The molecule has 0 fully saturated rings. The largest absolute Gasteiger partial charge is 0.439 e. The molecule has 0 saturated heterocycles. The SMILES string of the molecule is Cc1cc(C)c(CN)c(Oc2cccc(N(C)C)c2)n1. The number of aryl methyl sites for hydroxylation is 2. The summed E-state index contributed by atoms with van der Waals surface area (Å²) >= 11 is 0. The Hall–Kier alpha value is -2.07. The highest BCUT2D eigenvalue weighted by atomic mass is 16.5. The number of ether oxygens (including phenoxy) is 1. The molecule has 1 heterocycles. The Morgan fingerprint density at radius 3 is 2.60 bits per heavy atom. The van der Waals surface area contributed by atoms with Crippen LogP contribution >= 0.6 is 0 Å². The van der Waals surface area contributed by atoms with Gasteiger partial charge in [0.2, 0.25) is 5.88 Å². The van der Waals surface area contributed by atoms with Gasteiger partial charge in [0.15, 0.2) is 0 Å². The van der Waals surface area contributed by atoms with Crippen molar-refractivity contribution in [2.24, 2.45) is 5.73 Å². The Kier molecular flexibility index (Phi) is 4.25. The molecule has 0 aliphatic carbocycles. The summed E-state index contributed by atoms with van der Waals surface area (Å²) in [5.41, 5.74) is 9.88. The highest BCUT2D eigenvalue weighted by Gasteiger charge is 2.10. The normalized spacial score (nSPS) is 10.4. The fourth-order valence-corrected chi connectivity index (χ4v) is 2.10. The molecule has 2 N–H and O–H groups in total. The van der Waals surface area contributed by atoms with Gasteiger partial charge in [-0.25, -0.2) is 4.98 Å². The summed E-state index contributed by atoms with van der Waals surface area (Å²) in [6, 6.07) is 9.93. The van der Waals surface area contributed by atoms with Gasteiger partial charge in [-0.1, -0.05) is 6.07 Å². The van der Waals surface area contributed by atoms with Crippen molar-refractivity contribution in [2.45, 2.75) is 20.4 Å². The third kappa shape index (κ3) is 3.08. The molecule has 1 aromatic heterocycles. The van der Waals surface area contributed by atoms with Crippen LogP contribution in [-0.4, -0.2) is 19.1 Å². The van der Waals surface area contributed by atoms with Gasteiger partial charge in [0.05, 0.1) is 0 Å². The van der Waals surface area contributed by atoms with Crippen LogP contribution in [0.5, 0.6) is 11.6 Å². The molecule has 2 rings (SSSR count). The van der Waals surface area contributed by atoms with Crippen molar-refractivity contribution in [2.75, 3.05) is 19.0 Å². The Bertz CT molecular complexity index is 609. The zero-order chi connectivity index (χ0) is 14.7. The van der Waals surface area contributed by atoms with Gasteiger partial charge in [-0.05, 0) is 37.6 Å². The van der Waals surface area contributed by atoms with Crippen LogP contribution in [-0.2, 0) is 6.54 Å². The van der Waals surface area contributed by atoms with E-state index in [9.17, 15) is 0 Å². The smallest absolute Gasteiger partial charge is 0.224 e. The maximum atomic E-state index is 5.94. The number of pyridine rings is 1. The maximum Gasteiger partial charge on any atom is 0.224 e. The number of benzene rings is 1. The van der Waals surface area contributed by atoms with Crippen molar-refractivity contribution >= 4 is 5.69 Å². The molecule has 2 aromatic rings. The topological polar surface area (TPSA) is 51.4 Å². The van der Waals surface area contributed by atoms with Crippen molar-refractivity contribution in [1.29, 1.82) is 0 Å². The fourth-order valence-electron chi connectivity index (χ4n) is 2.10. The van der Waals surface area contributed by atoms with Gasteiger partial charge in [-0.3, -0.25) is 0 Å². The molecule has 20 heavy (non-hydrogen) atoms. The van der Waals surface area contributed by atoms with Crippen LogP contribution in [0, 0.1) is 13.8 Å². The second-order valence-electron chi connectivity index (χ2n) is 5.06. The predicted octanol–water partition coefficient (Wildman–Crippen LogP) is 3.02. The minimum atomic E-state index is 0.418. The molecule has 0 amide bonds. The monoisotopic (exact) mass is 271 g/mol. The number of hydrogen-bond donors (Lipinski definition) is 1. The van der Waals surface area contributed by atoms with Crippen LogP contribution < -0.4 is 15.4 Å². The molecule has 0 saturated carbocycles. The third-order valence-corrected chi connectivity index (χ3v) is 3.19. The lowest BCUT2D eigenvalue weighted by Crippen LogP contribution is -2.08. The van der Waals surface area contributed by atoms with Crippen molar-refractivity contribution in [1.82, 2.24) is 4.98 Å². The summed E-state index contributed by atoms with van der Waals surface area (Å²) in [4.78, 5) is 6.49. The van der Waals surface area contributed by atoms with Crippen LogP contribution in [0.4, 0.5) is 5.69 Å². The first-order valence-corrected chi connectivity index (χ1v) is 6.63. The van der Waals surface area contributed by atoms with Crippen molar-refractivity contribution in [3.05, 3.63) is 47.2 Å². The Balaban J connectivity index is 2.37. The molecule has 4 heteroatoms. The standard InChI is InChI=1S/C16H21N3O/c1-11-8-12(2)18-16(15(11)10-17)20-14-7-5-6-13(9-14)19(3)4/h5-9H,10,17H2,1-4H3. The van der Waals surface area contributed by atoms with E-state index >= 15 is 0 Å². The zero-order valence-corrected chi connectivity index (χ0v) is 12.5. The average molecular weight is 271 g/mol. The van der Waals surface area contributed by atoms with Gasteiger partial charge in [0, 0.05) is 43.7 Å².